The first-order chi connectivity index (χ1) is 23.8. The van der Waals surface area contributed by atoms with Gasteiger partial charge in [0.25, 0.3) is 0 Å². The summed E-state index contributed by atoms with van der Waals surface area (Å²) in [5.41, 5.74) is 2.54. The van der Waals surface area contributed by atoms with Crippen molar-refractivity contribution in [3.63, 3.8) is 0 Å². The van der Waals surface area contributed by atoms with Gasteiger partial charge in [-0.1, -0.05) is 63.2 Å². The smallest absolute Gasteiger partial charge is 0.335 e. The zero-order valence-electron chi connectivity index (χ0n) is 29.9. The van der Waals surface area contributed by atoms with E-state index < -0.39 is 5.97 Å². The van der Waals surface area contributed by atoms with Crippen LogP contribution in [-0.2, 0) is 23.7 Å². The van der Waals surface area contributed by atoms with Crippen LogP contribution in [0.3, 0.4) is 0 Å². The number of carboxylic acid groups (broad SMARTS) is 1. The average molecular weight is 681 g/mol. The van der Waals surface area contributed by atoms with E-state index in [0.29, 0.717) is 70.8 Å². The normalized spacial score (nSPS) is 13.9. The fourth-order valence-corrected chi connectivity index (χ4v) is 5.32. The van der Waals surface area contributed by atoms with Crippen LogP contribution in [0.15, 0.2) is 78.9 Å². The van der Waals surface area contributed by atoms with Gasteiger partial charge >= 0.3 is 5.97 Å². The highest BCUT2D eigenvalue weighted by Crippen LogP contribution is 2.23. The third-order valence-electron chi connectivity index (χ3n) is 7.93. The molecule has 0 heterocycles. The Bertz CT molecular complexity index is 1280. The Kier molecular flexibility index (Phi) is 18.8. The van der Waals surface area contributed by atoms with Gasteiger partial charge in [-0.2, -0.15) is 0 Å². The molecular weight excluding hydrogens is 624 g/mol. The highest BCUT2D eigenvalue weighted by atomic mass is 16.5. The van der Waals surface area contributed by atoms with Crippen LogP contribution in [0.2, 0.25) is 0 Å². The summed E-state index contributed by atoms with van der Waals surface area (Å²) < 4.78 is 42.1. The summed E-state index contributed by atoms with van der Waals surface area (Å²) in [6.07, 6.45) is 2.77. The topological polar surface area (TPSA) is 102 Å². The first-order valence-electron chi connectivity index (χ1n) is 17.5. The van der Waals surface area contributed by atoms with E-state index in [1.54, 1.807) is 19.2 Å². The molecular formula is C40H56O9. The zero-order chi connectivity index (χ0) is 35.3. The molecule has 0 saturated carbocycles. The van der Waals surface area contributed by atoms with E-state index >= 15 is 0 Å². The van der Waals surface area contributed by atoms with E-state index in [-0.39, 0.29) is 30.0 Å². The quantitative estimate of drug-likeness (QED) is 0.0847. The highest BCUT2D eigenvalue weighted by Gasteiger charge is 2.24. The molecule has 0 aromatic heterocycles. The Hall–Kier alpha value is -3.47. The van der Waals surface area contributed by atoms with Crippen molar-refractivity contribution in [3.05, 3.63) is 84.4 Å². The maximum Gasteiger partial charge on any atom is 0.335 e. The van der Waals surface area contributed by atoms with Crippen LogP contribution in [-0.4, -0.2) is 88.8 Å². The zero-order valence-corrected chi connectivity index (χ0v) is 29.9. The first kappa shape index (κ1) is 40.0. The molecule has 0 aliphatic heterocycles. The van der Waals surface area contributed by atoms with E-state index in [9.17, 15) is 4.79 Å². The molecule has 3 aromatic rings. The summed E-state index contributed by atoms with van der Waals surface area (Å²) in [7, 11) is 1.67. The molecule has 0 bridgehead atoms. The number of methoxy groups -OCH3 is 1. The minimum atomic E-state index is -0.967. The Morgan fingerprint density at radius 2 is 1.14 bits per heavy atom. The third kappa shape index (κ3) is 16.2. The molecule has 0 aliphatic rings. The minimum absolute atomic E-state index is 0.0776. The predicted molar refractivity (Wildman–Crippen MR) is 192 cm³/mol. The number of carboxylic acids is 1. The molecule has 1 N–H and O–H groups in total. The van der Waals surface area contributed by atoms with Gasteiger partial charge in [-0.3, -0.25) is 0 Å². The lowest BCUT2D eigenvalue weighted by Gasteiger charge is -2.29. The minimum Gasteiger partial charge on any atom is -0.491 e. The molecule has 0 radical (unpaired) electrons. The lowest BCUT2D eigenvalue weighted by molar-refractivity contribution is -0.0758. The molecule has 9 nitrogen and oxygen atoms in total. The maximum absolute atomic E-state index is 11.1. The Morgan fingerprint density at radius 1 is 0.612 bits per heavy atom. The average Bonchev–Trinajstić information content (AvgIpc) is 3.11. The molecule has 4 atom stereocenters. The maximum atomic E-state index is 11.1. The van der Waals surface area contributed by atoms with E-state index in [4.69, 9.17) is 38.3 Å². The van der Waals surface area contributed by atoms with Gasteiger partial charge in [0, 0.05) is 13.7 Å². The van der Waals surface area contributed by atoms with Gasteiger partial charge in [0.05, 0.1) is 56.4 Å². The van der Waals surface area contributed by atoms with Crippen molar-refractivity contribution in [2.45, 2.75) is 77.8 Å². The van der Waals surface area contributed by atoms with Gasteiger partial charge < -0.3 is 38.3 Å². The van der Waals surface area contributed by atoms with Crippen LogP contribution in [0, 0.1) is 5.92 Å². The summed E-state index contributed by atoms with van der Waals surface area (Å²) in [5, 5.41) is 9.08. The third-order valence-corrected chi connectivity index (χ3v) is 7.93. The summed E-state index contributed by atoms with van der Waals surface area (Å²) in [4.78, 5) is 11.1. The Morgan fingerprint density at radius 3 is 1.71 bits per heavy atom. The van der Waals surface area contributed by atoms with Gasteiger partial charge in [0.1, 0.15) is 24.7 Å². The van der Waals surface area contributed by atoms with Crippen molar-refractivity contribution in [2.24, 2.45) is 5.92 Å². The van der Waals surface area contributed by atoms with Crippen LogP contribution in [0.5, 0.6) is 11.5 Å². The van der Waals surface area contributed by atoms with Crippen LogP contribution < -0.4 is 9.47 Å². The number of rotatable bonds is 26. The second-order valence-electron chi connectivity index (χ2n) is 12.5. The second-order valence-corrected chi connectivity index (χ2v) is 12.5. The second kappa shape index (κ2) is 23.0. The summed E-state index contributed by atoms with van der Waals surface area (Å²) in [6.45, 7) is 11.8. The number of ether oxygens (including phenoxy) is 7. The van der Waals surface area contributed by atoms with E-state index in [1.165, 1.54) is 17.7 Å². The van der Waals surface area contributed by atoms with E-state index in [0.717, 1.165) is 24.2 Å². The van der Waals surface area contributed by atoms with Crippen molar-refractivity contribution >= 4 is 5.97 Å². The molecule has 0 fully saturated rings. The SMILES string of the molecule is CCC(CC(CC(CC(C)OCCOc1ccc(C(=O)O)cc1)OCCOC)OCCOc1ccc(-c2ccccc2)cc1)OCC(C)C. The number of aromatic carboxylic acids is 1. The molecule has 0 spiro atoms. The van der Waals surface area contributed by atoms with Crippen molar-refractivity contribution < 1.29 is 43.1 Å². The molecule has 0 amide bonds. The number of benzene rings is 3. The van der Waals surface area contributed by atoms with Gasteiger partial charge in [0.2, 0.25) is 0 Å². The Labute approximate surface area is 292 Å². The molecule has 3 aromatic carbocycles. The van der Waals surface area contributed by atoms with Gasteiger partial charge in [-0.15, -0.1) is 0 Å². The highest BCUT2D eigenvalue weighted by molar-refractivity contribution is 5.87. The van der Waals surface area contributed by atoms with Crippen LogP contribution in [0.1, 0.15) is 63.7 Å². The van der Waals surface area contributed by atoms with E-state index in [2.05, 4.69) is 45.0 Å². The standard InChI is InChI=1S/C40H56O9/c1-6-35(49-29-30(2)3)27-39(48-25-24-46-36-16-12-33(13-17-36)32-10-8-7-9-11-32)28-38(47-21-20-43-5)26-31(4)44-22-23-45-37-18-14-34(15-19-37)40(41)42/h7-19,30-31,35,38-39H,6,20-29H2,1-5H3,(H,41,42). The van der Waals surface area contributed by atoms with E-state index in [1.807, 2.05) is 37.3 Å². The summed E-state index contributed by atoms with van der Waals surface area (Å²) in [5.74, 6) is 0.886. The van der Waals surface area contributed by atoms with Crippen molar-refractivity contribution in [3.8, 4) is 22.6 Å². The summed E-state index contributed by atoms with van der Waals surface area (Å²) >= 11 is 0. The first-order valence-corrected chi connectivity index (χ1v) is 17.5. The molecule has 270 valence electrons. The molecule has 0 saturated heterocycles. The molecule has 0 aliphatic carbocycles. The van der Waals surface area contributed by atoms with Gasteiger partial charge in [-0.05, 0) is 86.1 Å². The van der Waals surface area contributed by atoms with Gasteiger partial charge in [0.15, 0.2) is 0 Å². The largest absolute Gasteiger partial charge is 0.491 e. The fraction of sp³-hybridized carbons (Fsp3) is 0.525. The number of hydrogen-bond donors (Lipinski definition) is 1. The van der Waals surface area contributed by atoms with Crippen molar-refractivity contribution in [1.29, 1.82) is 0 Å². The number of hydrogen-bond acceptors (Lipinski definition) is 8. The number of carbonyl (C=O) groups is 1. The predicted octanol–water partition coefficient (Wildman–Crippen LogP) is 7.95. The van der Waals surface area contributed by atoms with Crippen LogP contribution in [0.25, 0.3) is 11.1 Å². The lowest BCUT2D eigenvalue weighted by atomic mass is 10.00. The Balaban J connectivity index is 1.54. The molecule has 4 unspecified atom stereocenters. The van der Waals surface area contributed by atoms with Crippen LogP contribution >= 0.6 is 0 Å². The van der Waals surface area contributed by atoms with Crippen LogP contribution in [0.4, 0.5) is 0 Å². The molecule has 3 rings (SSSR count). The summed E-state index contributed by atoms with van der Waals surface area (Å²) in [6, 6.07) is 24.7. The monoisotopic (exact) mass is 680 g/mol. The molecule has 9 heteroatoms. The lowest BCUT2D eigenvalue weighted by Crippen LogP contribution is -2.32. The molecule has 49 heavy (non-hydrogen) atoms. The van der Waals surface area contributed by atoms with Crippen molar-refractivity contribution in [2.75, 3.05) is 53.4 Å². The van der Waals surface area contributed by atoms with Crippen molar-refractivity contribution in [1.82, 2.24) is 0 Å². The van der Waals surface area contributed by atoms with Gasteiger partial charge in [-0.25, -0.2) is 4.79 Å². The fourth-order valence-electron chi connectivity index (χ4n) is 5.32.